The van der Waals surface area contributed by atoms with E-state index in [1.807, 2.05) is 13.8 Å². The summed E-state index contributed by atoms with van der Waals surface area (Å²) in [5.41, 5.74) is 0. The molecule has 1 amide bonds. The zero-order valence-electron chi connectivity index (χ0n) is 12.5. The summed E-state index contributed by atoms with van der Waals surface area (Å²) in [7, 11) is 0. The van der Waals surface area contributed by atoms with Gasteiger partial charge in [0, 0.05) is 12.1 Å². The first kappa shape index (κ1) is 17.9. The van der Waals surface area contributed by atoms with Crippen LogP contribution in [0.1, 0.15) is 53.4 Å². The molecule has 0 spiro atoms. The molecule has 0 saturated heterocycles. The molecule has 19 heavy (non-hydrogen) atoms. The summed E-state index contributed by atoms with van der Waals surface area (Å²) >= 11 is 0. The second-order valence-corrected chi connectivity index (χ2v) is 5.33. The molecule has 3 N–H and O–H groups in total. The van der Waals surface area contributed by atoms with Gasteiger partial charge in [0.05, 0.1) is 12.5 Å². The maximum Gasteiger partial charge on any atom is 0.306 e. The van der Waals surface area contributed by atoms with E-state index < -0.39 is 5.97 Å². The fourth-order valence-corrected chi connectivity index (χ4v) is 1.66. The molecule has 0 rings (SSSR count). The van der Waals surface area contributed by atoms with Crippen LogP contribution < -0.4 is 10.6 Å². The van der Waals surface area contributed by atoms with Gasteiger partial charge in [-0.25, -0.2) is 0 Å². The predicted octanol–water partition coefficient (Wildman–Crippen LogP) is 1.77. The van der Waals surface area contributed by atoms with Gasteiger partial charge in [-0.05, 0) is 33.1 Å². The van der Waals surface area contributed by atoms with Crippen molar-refractivity contribution in [2.45, 2.75) is 65.5 Å². The van der Waals surface area contributed by atoms with E-state index in [9.17, 15) is 9.59 Å². The monoisotopic (exact) mass is 272 g/mol. The Hall–Kier alpha value is -1.10. The van der Waals surface area contributed by atoms with E-state index in [0.29, 0.717) is 19.0 Å². The third-order valence-corrected chi connectivity index (χ3v) is 3.33. The molecule has 0 aromatic rings. The fourth-order valence-electron chi connectivity index (χ4n) is 1.66. The van der Waals surface area contributed by atoms with Gasteiger partial charge in [0.15, 0.2) is 0 Å². The molecule has 0 aliphatic heterocycles. The molecule has 0 heterocycles. The molecule has 0 aromatic heterocycles. The molecule has 0 radical (unpaired) electrons. The van der Waals surface area contributed by atoms with Crippen molar-refractivity contribution >= 4 is 11.9 Å². The van der Waals surface area contributed by atoms with Crippen molar-refractivity contribution in [1.29, 1.82) is 0 Å². The zero-order valence-corrected chi connectivity index (χ0v) is 12.5. The van der Waals surface area contributed by atoms with Crippen molar-refractivity contribution in [3.8, 4) is 0 Å². The number of carbonyl (C=O) groups is 2. The lowest BCUT2D eigenvalue weighted by atomic mass is 10.0. The summed E-state index contributed by atoms with van der Waals surface area (Å²) in [6, 6.07) is 0.435. The van der Waals surface area contributed by atoms with Gasteiger partial charge in [0.25, 0.3) is 0 Å². The van der Waals surface area contributed by atoms with Gasteiger partial charge in [-0.2, -0.15) is 0 Å². The van der Waals surface area contributed by atoms with Crippen LogP contribution in [0.4, 0.5) is 0 Å². The maximum absolute atomic E-state index is 11.6. The third-order valence-electron chi connectivity index (χ3n) is 3.33. The molecule has 0 aliphatic rings. The molecule has 0 bridgehead atoms. The number of carboxylic acids is 1. The van der Waals surface area contributed by atoms with E-state index in [4.69, 9.17) is 5.11 Å². The average molecular weight is 272 g/mol. The Morgan fingerprint density at radius 1 is 1.11 bits per heavy atom. The summed E-state index contributed by atoms with van der Waals surface area (Å²) in [5.74, 6) is -1.07. The fraction of sp³-hybridized carbons (Fsp3) is 0.857. The minimum absolute atomic E-state index is 0.000849. The highest BCUT2D eigenvalue weighted by atomic mass is 16.4. The van der Waals surface area contributed by atoms with E-state index in [1.54, 1.807) is 6.92 Å². The zero-order chi connectivity index (χ0) is 14.8. The Labute approximate surface area is 116 Å². The van der Waals surface area contributed by atoms with Gasteiger partial charge in [0.1, 0.15) is 0 Å². The second kappa shape index (κ2) is 9.78. The predicted molar refractivity (Wildman–Crippen MR) is 76.0 cm³/mol. The Balaban J connectivity index is 3.70. The molecule has 5 heteroatoms. The Morgan fingerprint density at radius 3 is 2.26 bits per heavy atom. The van der Waals surface area contributed by atoms with Crippen LogP contribution in [0.15, 0.2) is 0 Å². The van der Waals surface area contributed by atoms with Crippen molar-refractivity contribution in [1.82, 2.24) is 10.6 Å². The standard InChI is InChI=1S/C14H28N2O3/c1-5-11(3)15-9-13(17)16-12(4)8-6-7-10(2)14(18)19/h10-12,15H,5-9H2,1-4H3,(H,16,17)(H,18,19). The molecule has 0 saturated carbocycles. The van der Waals surface area contributed by atoms with E-state index in [2.05, 4.69) is 17.6 Å². The van der Waals surface area contributed by atoms with Crippen molar-refractivity contribution in [3.05, 3.63) is 0 Å². The Kier molecular flexibility index (Phi) is 9.21. The summed E-state index contributed by atoms with van der Waals surface area (Å²) < 4.78 is 0. The molecule has 0 aromatic carbocycles. The molecule has 3 unspecified atom stereocenters. The number of aliphatic carboxylic acids is 1. The van der Waals surface area contributed by atoms with Gasteiger partial charge >= 0.3 is 5.97 Å². The first-order chi connectivity index (χ1) is 8.86. The van der Waals surface area contributed by atoms with Gasteiger partial charge in [-0.1, -0.05) is 20.3 Å². The average Bonchev–Trinajstić information content (AvgIpc) is 2.35. The Morgan fingerprint density at radius 2 is 1.74 bits per heavy atom. The number of rotatable bonds is 10. The molecule has 3 atom stereocenters. The lowest BCUT2D eigenvalue weighted by molar-refractivity contribution is -0.141. The normalized spacial score (nSPS) is 15.6. The van der Waals surface area contributed by atoms with E-state index in [1.165, 1.54) is 0 Å². The van der Waals surface area contributed by atoms with Crippen LogP contribution >= 0.6 is 0 Å². The number of carbonyl (C=O) groups excluding carboxylic acids is 1. The first-order valence-electron chi connectivity index (χ1n) is 7.12. The summed E-state index contributed by atoms with van der Waals surface area (Å²) in [5, 5.41) is 14.8. The maximum atomic E-state index is 11.6. The number of hydrogen-bond donors (Lipinski definition) is 3. The SMILES string of the molecule is CCC(C)NCC(=O)NC(C)CCCC(C)C(=O)O. The highest BCUT2D eigenvalue weighted by Gasteiger charge is 2.12. The minimum Gasteiger partial charge on any atom is -0.481 e. The van der Waals surface area contributed by atoms with Crippen molar-refractivity contribution in [3.63, 3.8) is 0 Å². The van der Waals surface area contributed by atoms with Crippen LogP contribution in [0.25, 0.3) is 0 Å². The molecular weight excluding hydrogens is 244 g/mol. The van der Waals surface area contributed by atoms with Crippen molar-refractivity contribution in [2.75, 3.05) is 6.54 Å². The number of amides is 1. The summed E-state index contributed by atoms with van der Waals surface area (Å²) in [6.07, 6.45) is 3.27. The largest absolute Gasteiger partial charge is 0.481 e. The van der Waals surface area contributed by atoms with Gasteiger partial charge < -0.3 is 15.7 Å². The van der Waals surface area contributed by atoms with Crippen LogP contribution in [0.5, 0.6) is 0 Å². The smallest absolute Gasteiger partial charge is 0.306 e. The molecule has 0 aliphatic carbocycles. The summed E-state index contributed by atoms with van der Waals surface area (Å²) in [6.45, 7) is 8.12. The third kappa shape index (κ3) is 9.47. The molecule has 0 fully saturated rings. The Bertz CT molecular complexity index is 282. The summed E-state index contributed by atoms with van der Waals surface area (Å²) in [4.78, 5) is 22.3. The lowest BCUT2D eigenvalue weighted by Gasteiger charge is -2.16. The van der Waals surface area contributed by atoms with Crippen molar-refractivity contribution < 1.29 is 14.7 Å². The second-order valence-electron chi connectivity index (χ2n) is 5.33. The van der Waals surface area contributed by atoms with Gasteiger partial charge in [0.2, 0.25) is 5.91 Å². The van der Waals surface area contributed by atoms with Crippen LogP contribution in [0.3, 0.4) is 0 Å². The number of hydrogen-bond acceptors (Lipinski definition) is 3. The van der Waals surface area contributed by atoms with Crippen LogP contribution in [-0.4, -0.2) is 35.6 Å². The van der Waals surface area contributed by atoms with Crippen molar-refractivity contribution in [2.24, 2.45) is 5.92 Å². The first-order valence-corrected chi connectivity index (χ1v) is 7.12. The minimum atomic E-state index is -0.755. The van der Waals surface area contributed by atoms with E-state index in [-0.39, 0.29) is 17.9 Å². The number of carboxylic acid groups (broad SMARTS) is 1. The molecule has 5 nitrogen and oxygen atoms in total. The van der Waals surface area contributed by atoms with Crippen LogP contribution in [-0.2, 0) is 9.59 Å². The van der Waals surface area contributed by atoms with E-state index in [0.717, 1.165) is 19.3 Å². The number of nitrogens with one attached hydrogen (secondary N) is 2. The quantitative estimate of drug-likeness (QED) is 0.566. The van der Waals surface area contributed by atoms with Crippen LogP contribution in [0.2, 0.25) is 0 Å². The topological polar surface area (TPSA) is 78.4 Å². The lowest BCUT2D eigenvalue weighted by Crippen LogP contribution is -2.41. The molecular formula is C14H28N2O3. The molecule has 112 valence electrons. The van der Waals surface area contributed by atoms with E-state index >= 15 is 0 Å². The van der Waals surface area contributed by atoms with Crippen LogP contribution in [0, 0.1) is 5.92 Å². The highest BCUT2D eigenvalue weighted by molar-refractivity contribution is 5.78. The van der Waals surface area contributed by atoms with Gasteiger partial charge in [-0.3, -0.25) is 9.59 Å². The highest BCUT2D eigenvalue weighted by Crippen LogP contribution is 2.09. The van der Waals surface area contributed by atoms with Gasteiger partial charge in [-0.15, -0.1) is 0 Å².